The fraction of sp³-hybridized carbons (Fsp3) is 0.200. The van der Waals surface area contributed by atoms with Gasteiger partial charge in [0.25, 0.3) is 5.91 Å². The highest BCUT2D eigenvalue weighted by atomic mass is 35.5. The minimum absolute atomic E-state index is 0.0116. The second-order valence-electron chi connectivity index (χ2n) is 6.27. The van der Waals surface area contributed by atoms with Crippen molar-refractivity contribution in [1.82, 2.24) is 9.88 Å². The first kappa shape index (κ1) is 17.2. The number of hydrogen-bond acceptors (Lipinski definition) is 3. The van der Waals surface area contributed by atoms with E-state index in [1.54, 1.807) is 11.1 Å². The molecular weight excluding hydrogens is 368 g/mol. The van der Waals surface area contributed by atoms with Crippen molar-refractivity contribution < 1.29 is 9.00 Å². The number of rotatable bonds is 2. The Bertz CT molecular complexity index is 994. The van der Waals surface area contributed by atoms with E-state index >= 15 is 0 Å². The Morgan fingerprint density at radius 2 is 1.77 bits per heavy atom. The van der Waals surface area contributed by atoms with Gasteiger partial charge in [-0.25, -0.2) is 0 Å². The molecular formula is C20H17ClN2O2S. The van der Waals surface area contributed by atoms with Crippen molar-refractivity contribution in [3.63, 3.8) is 0 Å². The molecule has 0 saturated carbocycles. The van der Waals surface area contributed by atoms with Crippen molar-refractivity contribution in [1.29, 1.82) is 0 Å². The highest BCUT2D eigenvalue weighted by Crippen LogP contribution is 2.29. The Morgan fingerprint density at radius 1 is 1.04 bits per heavy atom. The minimum atomic E-state index is -0.800. The first-order valence-electron chi connectivity index (χ1n) is 8.40. The Hall–Kier alpha value is -2.24. The predicted molar refractivity (Wildman–Crippen MR) is 106 cm³/mol. The van der Waals surface area contributed by atoms with Crippen LogP contribution in [0, 0.1) is 0 Å². The molecule has 0 spiro atoms. The second kappa shape index (κ2) is 7.17. The zero-order valence-corrected chi connectivity index (χ0v) is 15.6. The van der Waals surface area contributed by atoms with E-state index in [0.29, 0.717) is 35.2 Å². The van der Waals surface area contributed by atoms with Crippen LogP contribution in [0.3, 0.4) is 0 Å². The van der Waals surface area contributed by atoms with Gasteiger partial charge in [0.2, 0.25) is 0 Å². The Labute approximate surface area is 159 Å². The van der Waals surface area contributed by atoms with Crippen molar-refractivity contribution in [2.24, 2.45) is 0 Å². The van der Waals surface area contributed by atoms with E-state index in [9.17, 15) is 9.00 Å². The summed E-state index contributed by atoms with van der Waals surface area (Å²) in [6.07, 6.45) is 3.61. The third-order valence-corrected chi connectivity index (χ3v) is 6.16. The predicted octanol–water partition coefficient (Wildman–Crippen LogP) is 3.76. The smallest absolute Gasteiger partial charge is 0.253 e. The number of nitrogens with zero attached hydrogens (tertiary/aromatic N) is 2. The summed E-state index contributed by atoms with van der Waals surface area (Å²) in [7, 11) is -0.800. The number of aromatic nitrogens is 1. The molecule has 0 aliphatic carbocycles. The van der Waals surface area contributed by atoms with E-state index in [-0.39, 0.29) is 5.91 Å². The van der Waals surface area contributed by atoms with Gasteiger partial charge < -0.3 is 4.90 Å². The fourth-order valence-corrected chi connectivity index (χ4v) is 4.36. The number of hydrogen-bond donors (Lipinski definition) is 0. The van der Waals surface area contributed by atoms with E-state index in [2.05, 4.69) is 4.98 Å². The summed E-state index contributed by atoms with van der Waals surface area (Å²) in [5, 5.41) is 2.64. The fourth-order valence-electron chi connectivity index (χ4n) is 3.18. The average Bonchev–Trinajstić information content (AvgIpc) is 2.68. The van der Waals surface area contributed by atoms with Gasteiger partial charge in [-0.05, 0) is 35.2 Å². The van der Waals surface area contributed by atoms with Crippen LogP contribution >= 0.6 is 11.6 Å². The topological polar surface area (TPSA) is 50.3 Å². The van der Waals surface area contributed by atoms with E-state index in [1.165, 1.54) is 0 Å². The van der Waals surface area contributed by atoms with E-state index in [1.807, 2.05) is 48.7 Å². The molecule has 2 aromatic carbocycles. The van der Waals surface area contributed by atoms with Crippen LogP contribution in [-0.2, 0) is 10.8 Å². The number of pyridine rings is 1. The Balaban J connectivity index is 1.74. The van der Waals surface area contributed by atoms with Crippen molar-refractivity contribution in [2.45, 2.75) is 0 Å². The van der Waals surface area contributed by atoms with Gasteiger partial charge in [0.15, 0.2) is 0 Å². The number of benzene rings is 2. The Morgan fingerprint density at radius 3 is 2.50 bits per heavy atom. The van der Waals surface area contributed by atoms with Crippen LogP contribution in [0.25, 0.3) is 21.9 Å². The quantitative estimate of drug-likeness (QED) is 0.676. The first-order chi connectivity index (χ1) is 12.6. The highest BCUT2D eigenvalue weighted by molar-refractivity contribution is 7.85. The molecule has 0 N–H and O–H groups in total. The number of amides is 1. The maximum atomic E-state index is 12.8. The van der Waals surface area contributed by atoms with Gasteiger partial charge in [0.1, 0.15) is 0 Å². The molecule has 3 aromatic rings. The summed E-state index contributed by atoms with van der Waals surface area (Å²) < 4.78 is 11.5. The molecule has 1 aromatic heterocycles. The lowest BCUT2D eigenvalue weighted by Gasteiger charge is -2.26. The maximum Gasteiger partial charge on any atom is 0.253 e. The number of halogens is 1. The largest absolute Gasteiger partial charge is 0.337 e. The summed E-state index contributed by atoms with van der Waals surface area (Å²) in [6, 6.07) is 13.3. The molecule has 0 atom stereocenters. The van der Waals surface area contributed by atoms with E-state index in [0.717, 1.165) is 21.9 Å². The molecule has 1 amide bonds. The van der Waals surface area contributed by atoms with Crippen LogP contribution in [0.4, 0.5) is 0 Å². The molecule has 1 aliphatic rings. The molecule has 132 valence electrons. The molecule has 4 nitrogen and oxygen atoms in total. The third-order valence-electron chi connectivity index (χ3n) is 4.63. The molecule has 2 heterocycles. The van der Waals surface area contributed by atoms with Gasteiger partial charge in [-0.1, -0.05) is 29.8 Å². The monoisotopic (exact) mass is 384 g/mol. The van der Waals surface area contributed by atoms with Crippen LogP contribution in [0.2, 0.25) is 5.02 Å². The Kier molecular flexibility index (Phi) is 4.74. The van der Waals surface area contributed by atoms with Gasteiger partial charge in [0, 0.05) is 69.3 Å². The summed E-state index contributed by atoms with van der Waals surface area (Å²) in [6.45, 7) is 1.09. The van der Waals surface area contributed by atoms with Crippen LogP contribution in [0.1, 0.15) is 10.4 Å². The van der Waals surface area contributed by atoms with Gasteiger partial charge >= 0.3 is 0 Å². The van der Waals surface area contributed by atoms with Crippen LogP contribution in [-0.4, -0.2) is 44.6 Å². The van der Waals surface area contributed by atoms with Gasteiger partial charge in [0.05, 0.1) is 0 Å². The summed E-state index contributed by atoms with van der Waals surface area (Å²) in [5.41, 5.74) is 2.62. The second-order valence-corrected chi connectivity index (χ2v) is 8.40. The van der Waals surface area contributed by atoms with Gasteiger partial charge in [-0.3, -0.25) is 14.0 Å². The zero-order valence-electron chi connectivity index (χ0n) is 14.0. The van der Waals surface area contributed by atoms with Crippen molar-refractivity contribution in [3.8, 4) is 11.1 Å². The van der Waals surface area contributed by atoms with Crippen LogP contribution in [0.5, 0.6) is 0 Å². The number of carbonyl (C=O) groups is 1. The van der Waals surface area contributed by atoms with Crippen LogP contribution < -0.4 is 0 Å². The lowest BCUT2D eigenvalue weighted by atomic mass is 9.99. The lowest BCUT2D eigenvalue weighted by Crippen LogP contribution is -2.41. The standard InChI is InChI=1S/C20H17ClN2O2S/c21-17-5-3-14(4-6-17)19-13-22-12-16-2-1-15(11-18(16)19)20(24)23-7-9-26(25)10-8-23/h1-6,11-13H,7-10H2. The lowest BCUT2D eigenvalue weighted by molar-refractivity contribution is 0.0771. The molecule has 0 bridgehead atoms. The summed E-state index contributed by atoms with van der Waals surface area (Å²) >= 11 is 5.99. The number of fused-ring (bicyclic) bond motifs is 1. The molecule has 4 rings (SSSR count). The zero-order chi connectivity index (χ0) is 18.1. The minimum Gasteiger partial charge on any atom is -0.337 e. The SMILES string of the molecule is O=C(c1ccc2cncc(-c3ccc(Cl)cc3)c2c1)N1CCS(=O)CC1. The van der Waals surface area contributed by atoms with E-state index < -0.39 is 10.8 Å². The van der Waals surface area contributed by atoms with Crippen molar-refractivity contribution in [2.75, 3.05) is 24.6 Å². The van der Waals surface area contributed by atoms with E-state index in [4.69, 9.17) is 11.6 Å². The third kappa shape index (κ3) is 3.37. The molecule has 1 aliphatic heterocycles. The summed E-state index contributed by atoms with van der Waals surface area (Å²) in [4.78, 5) is 18.9. The maximum absolute atomic E-state index is 12.8. The van der Waals surface area contributed by atoms with Gasteiger partial charge in [-0.2, -0.15) is 0 Å². The normalized spacial score (nSPS) is 15.3. The van der Waals surface area contributed by atoms with Crippen LogP contribution in [0.15, 0.2) is 54.9 Å². The highest BCUT2D eigenvalue weighted by Gasteiger charge is 2.21. The first-order valence-corrected chi connectivity index (χ1v) is 10.3. The summed E-state index contributed by atoms with van der Waals surface area (Å²) in [5.74, 6) is 1.10. The van der Waals surface area contributed by atoms with Crippen molar-refractivity contribution >= 4 is 39.1 Å². The molecule has 0 radical (unpaired) electrons. The molecule has 6 heteroatoms. The average molecular weight is 385 g/mol. The molecule has 1 saturated heterocycles. The molecule has 0 unspecified atom stereocenters. The van der Waals surface area contributed by atoms with Gasteiger partial charge in [-0.15, -0.1) is 0 Å². The number of carbonyl (C=O) groups excluding carboxylic acids is 1. The molecule has 26 heavy (non-hydrogen) atoms. The molecule has 1 fully saturated rings. The van der Waals surface area contributed by atoms with Crippen molar-refractivity contribution in [3.05, 3.63) is 65.4 Å².